The molecule has 0 amide bonds. The van der Waals surface area contributed by atoms with Crippen molar-refractivity contribution in [3.05, 3.63) is 32.9 Å². The number of H-pyrrole nitrogens is 1. The second-order valence-corrected chi connectivity index (χ2v) is 4.52. The van der Waals surface area contributed by atoms with E-state index in [4.69, 9.17) is 0 Å². The standard InChI is InChI=1S/C9H8BrN3O/c10-6-3-7-9(14)11-8(5-1-2-5)12-13(7)4-6/h3-5H,1-2H2,(H,11,12,14). The van der Waals surface area contributed by atoms with E-state index in [-0.39, 0.29) is 5.56 Å². The van der Waals surface area contributed by atoms with Gasteiger partial charge in [0.25, 0.3) is 5.56 Å². The minimum atomic E-state index is -0.0624. The molecule has 4 nitrogen and oxygen atoms in total. The number of rotatable bonds is 1. The fourth-order valence-corrected chi connectivity index (χ4v) is 1.95. The van der Waals surface area contributed by atoms with E-state index >= 15 is 0 Å². The van der Waals surface area contributed by atoms with Crippen molar-refractivity contribution in [3.8, 4) is 0 Å². The SMILES string of the molecule is O=c1[nH]c(C2CC2)nn2cc(Br)cc12. The quantitative estimate of drug-likeness (QED) is 0.841. The Morgan fingerprint density at radius 3 is 3.07 bits per heavy atom. The molecule has 0 aliphatic heterocycles. The van der Waals surface area contributed by atoms with E-state index in [0.29, 0.717) is 11.4 Å². The van der Waals surface area contributed by atoms with Crippen molar-refractivity contribution in [2.75, 3.05) is 0 Å². The molecule has 0 radical (unpaired) electrons. The second-order valence-electron chi connectivity index (χ2n) is 3.60. The molecule has 3 rings (SSSR count). The van der Waals surface area contributed by atoms with E-state index < -0.39 is 0 Å². The number of nitrogens with one attached hydrogen (secondary N) is 1. The minimum absolute atomic E-state index is 0.0624. The first-order valence-corrected chi connectivity index (χ1v) is 5.31. The fourth-order valence-electron chi connectivity index (χ4n) is 1.53. The van der Waals surface area contributed by atoms with Gasteiger partial charge in [0.2, 0.25) is 0 Å². The van der Waals surface area contributed by atoms with Gasteiger partial charge in [0.1, 0.15) is 11.3 Å². The summed E-state index contributed by atoms with van der Waals surface area (Å²) in [5, 5.41) is 4.35. The summed E-state index contributed by atoms with van der Waals surface area (Å²) in [6.45, 7) is 0. The lowest BCUT2D eigenvalue weighted by Gasteiger charge is -1.97. The number of hydrogen-bond acceptors (Lipinski definition) is 2. The highest BCUT2D eigenvalue weighted by atomic mass is 79.9. The zero-order valence-electron chi connectivity index (χ0n) is 7.33. The van der Waals surface area contributed by atoms with E-state index in [0.717, 1.165) is 23.1 Å². The van der Waals surface area contributed by atoms with E-state index in [1.165, 1.54) is 0 Å². The van der Waals surface area contributed by atoms with Crippen molar-refractivity contribution in [1.82, 2.24) is 14.6 Å². The van der Waals surface area contributed by atoms with Crippen molar-refractivity contribution in [2.24, 2.45) is 0 Å². The lowest BCUT2D eigenvalue weighted by atomic mass is 10.4. The Morgan fingerprint density at radius 1 is 1.57 bits per heavy atom. The summed E-state index contributed by atoms with van der Waals surface area (Å²) in [6.07, 6.45) is 4.07. The van der Waals surface area contributed by atoms with Gasteiger partial charge in [-0.1, -0.05) is 0 Å². The topological polar surface area (TPSA) is 50.2 Å². The van der Waals surface area contributed by atoms with Crippen LogP contribution < -0.4 is 5.56 Å². The van der Waals surface area contributed by atoms with E-state index in [9.17, 15) is 4.79 Å². The maximum Gasteiger partial charge on any atom is 0.275 e. The minimum Gasteiger partial charge on any atom is -0.307 e. The molecule has 1 aliphatic rings. The van der Waals surface area contributed by atoms with E-state index in [2.05, 4.69) is 26.0 Å². The Kier molecular flexibility index (Phi) is 1.58. The lowest BCUT2D eigenvalue weighted by Crippen LogP contribution is -2.14. The third-order valence-corrected chi connectivity index (χ3v) is 2.85. The number of aromatic amines is 1. The van der Waals surface area contributed by atoms with Crippen LogP contribution in [0.25, 0.3) is 5.52 Å². The maximum atomic E-state index is 11.6. The van der Waals surface area contributed by atoms with Gasteiger partial charge in [-0.2, -0.15) is 5.10 Å². The fraction of sp³-hybridized carbons (Fsp3) is 0.333. The smallest absolute Gasteiger partial charge is 0.275 e. The molecule has 0 atom stereocenters. The lowest BCUT2D eigenvalue weighted by molar-refractivity contribution is 0.792. The van der Waals surface area contributed by atoms with Gasteiger partial charge in [-0.3, -0.25) is 4.79 Å². The Labute approximate surface area is 88.1 Å². The molecule has 14 heavy (non-hydrogen) atoms. The second kappa shape index (κ2) is 2.70. The van der Waals surface area contributed by atoms with Gasteiger partial charge in [0.15, 0.2) is 0 Å². The zero-order chi connectivity index (χ0) is 9.71. The van der Waals surface area contributed by atoms with Crippen LogP contribution in [0.5, 0.6) is 0 Å². The molecule has 5 heteroatoms. The predicted octanol–water partition coefficient (Wildman–Crippen LogP) is 1.66. The number of fused-ring (bicyclic) bond motifs is 1. The van der Waals surface area contributed by atoms with Gasteiger partial charge in [-0.15, -0.1) is 0 Å². The Bertz CT molecular complexity index is 553. The van der Waals surface area contributed by atoms with Crippen LogP contribution in [0.15, 0.2) is 21.5 Å². The van der Waals surface area contributed by atoms with Crippen molar-refractivity contribution < 1.29 is 0 Å². The first kappa shape index (κ1) is 8.23. The largest absolute Gasteiger partial charge is 0.307 e. The highest BCUT2D eigenvalue weighted by Crippen LogP contribution is 2.37. The average molecular weight is 254 g/mol. The van der Waals surface area contributed by atoms with Crippen molar-refractivity contribution in [2.45, 2.75) is 18.8 Å². The molecule has 2 aromatic rings. The summed E-state index contributed by atoms with van der Waals surface area (Å²) in [6, 6.07) is 1.77. The molecule has 0 bridgehead atoms. The number of aromatic nitrogens is 3. The van der Waals surface area contributed by atoms with Crippen LogP contribution in [0, 0.1) is 0 Å². The number of hydrogen-bond donors (Lipinski definition) is 1. The molecule has 2 heterocycles. The monoisotopic (exact) mass is 253 g/mol. The Balaban J connectivity index is 2.32. The molecule has 72 valence electrons. The Hall–Kier alpha value is -1.10. The van der Waals surface area contributed by atoms with Crippen LogP contribution in [-0.4, -0.2) is 14.6 Å². The van der Waals surface area contributed by atoms with Gasteiger partial charge in [-0.05, 0) is 34.8 Å². The summed E-state index contributed by atoms with van der Waals surface area (Å²) in [5.41, 5.74) is 0.522. The molecule has 1 N–H and O–H groups in total. The van der Waals surface area contributed by atoms with Crippen LogP contribution >= 0.6 is 15.9 Å². The van der Waals surface area contributed by atoms with Gasteiger partial charge in [-0.25, -0.2) is 4.52 Å². The van der Waals surface area contributed by atoms with Crippen molar-refractivity contribution >= 4 is 21.4 Å². The Morgan fingerprint density at radius 2 is 2.36 bits per heavy atom. The zero-order valence-corrected chi connectivity index (χ0v) is 8.91. The molecule has 0 saturated heterocycles. The molecule has 0 aromatic carbocycles. The molecule has 1 saturated carbocycles. The van der Waals surface area contributed by atoms with E-state index in [1.54, 1.807) is 16.8 Å². The summed E-state index contributed by atoms with van der Waals surface area (Å²) < 4.78 is 2.51. The first-order valence-electron chi connectivity index (χ1n) is 4.52. The maximum absolute atomic E-state index is 11.6. The van der Waals surface area contributed by atoms with Crippen LogP contribution in [0.1, 0.15) is 24.6 Å². The molecule has 0 unspecified atom stereocenters. The first-order chi connectivity index (χ1) is 6.74. The normalized spacial score (nSPS) is 16.4. The van der Waals surface area contributed by atoms with Gasteiger partial charge < -0.3 is 4.98 Å². The number of nitrogens with zero attached hydrogens (tertiary/aromatic N) is 2. The van der Waals surface area contributed by atoms with Crippen LogP contribution in [0.4, 0.5) is 0 Å². The van der Waals surface area contributed by atoms with Crippen LogP contribution in [0.3, 0.4) is 0 Å². The molecular weight excluding hydrogens is 246 g/mol. The highest BCUT2D eigenvalue weighted by molar-refractivity contribution is 9.10. The molecule has 2 aromatic heterocycles. The summed E-state index contributed by atoms with van der Waals surface area (Å²) >= 11 is 3.32. The van der Waals surface area contributed by atoms with E-state index in [1.807, 2.05) is 0 Å². The van der Waals surface area contributed by atoms with Crippen LogP contribution in [0.2, 0.25) is 0 Å². The van der Waals surface area contributed by atoms with Crippen molar-refractivity contribution in [1.29, 1.82) is 0 Å². The predicted molar refractivity (Wildman–Crippen MR) is 55.5 cm³/mol. The molecule has 1 fully saturated rings. The molecular formula is C9H8BrN3O. The third-order valence-electron chi connectivity index (χ3n) is 2.42. The highest BCUT2D eigenvalue weighted by Gasteiger charge is 2.26. The van der Waals surface area contributed by atoms with Crippen LogP contribution in [-0.2, 0) is 0 Å². The average Bonchev–Trinajstić information content (AvgIpc) is 2.89. The summed E-state index contributed by atoms with van der Waals surface area (Å²) in [5.74, 6) is 1.28. The summed E-state index contributed by atoms with van der Waals surface area (Å²) in [4.78, 5) is 14.4. The molecule has 0 spiro atoms. The summed E-state index contributed by atoms with van der Waals surface area (Å²) in [7, 11) is 0. The number of halogens is 1. The van der Waals surface area contributed by atoms with Crippen molar-refractivity contribution in [3.63, 3.8) is 0 Å². The molecule has 1 aliphatic carbocycles. The third kappa shape index (κ3) is 1.19. The van der Waals surface area contributed by atoms with Gasteiger partial charge in [0, 0.05) is 16.6 Å². The van der Waals surface area contributed by atoms with Gasteiger partial charge in [0.05, 0.1) is 0 Å². The van der Waals surface area contributed by atoms with Gasteiger partial charge >= 0.3 is 0 Å².